The zero-order valence-corrected chi connectivity index (χ0v) is 14.9. The van der Waals surface area contributed by atoms with E-state index in [0.717, 1.165) is 22.6 Å². The first-order valence-corrected chi connectivity index (χ1v) is 9.70. The maximum absolute atomic E-state index is 13.1. The van der Waals surface area contributed by atoms with Crippen molar-refractivity contribution in [1.29, 1.82) is 0 Å². The first kappa shape index (κ1) is 16.6. The zero-order valence-electron chi connectivity index (χ0n) is 13.3. The van der Waals surface area contributed by atoms with Gasteiger partial charge in [-0.25, -0.2) is 8.42 Å². The lowest BCUT2D eigenvalue weighted by Crippen LogP contribution is -2.48. The highest BCUT2D eigenvalue weighted by atomic mass is 32.2. The average molecular weight is 329 g/mol. The third-order valence-corrected chi connectivity index (χ3v) is 7.77. The molecule has 1 aromatic rings. The monoisotopic (exact) mass is 328 g/mol. The van der Waals surface area contributed by atoms with E-state index < -0.39 is 10.0 Å². The third kappa shape index (κ3) is 3.07. The van der Waals surface area contributed by atoms with Crippen molar-refractivity contribution < 1.29 is 8.42 Å². The molecule has 1 saturated heterocycles. The van der Waals surface area contributed by atoms with Gasteiger partial charge in [0.15, 0.2) is 0 Å². The minimum atomic E-state index is -3.44. The Hall–Kier alpha value is -0.720. The SMILES string of the molecule is CNc1cc(C)c(S(=O)(=O)N2CCSC(C)C2C)c(C)c1. The Morgan fingerprint density at radius 2 is 1.81 bits per heavy atom. The van der Waals surface area contributed by atoms with Crippen LogP contribution in [0.3, 0.4) is 0 Å². The molecule has 0 radical (unpaired) electrons. The molecule has 1 fully saturated rings. The lowest BCUT2D eigenvalue weighted by Gasteiger charge is -2.37. The molecule has 2 atom stereocenters. The largest absolute Gasteiger partial charge is 0.388 e. The van der Waals surface area contributed by atoms with Crippen molar-refractivity contribution in [3.8, 4) is 0 Å². The first-order chi connectivity index (χ1) is 9.78. The number of hydrogen-bond donors (Lipinski definition) is 1. The van der Waals surface area contributed by atoms with Crippen LogP contribution in [0.15, 0.2) is 17.0 Å². The van der Waals surface area contributed by atoms with Crippen LogP contribution in [0.4, 0.5) is 5.69 Å². The fourth-order valence-electron chi connectivity index (χ4n) is 2.86. The molecule has 0 saturated carbocycles. The van der Waals surface area contributed by atoms with Gasteiger partial charge in [-0.2, -0.15) is 16.1 Å². The van der Waals surface area contributed by atoms with Crippen molar-refractivity contribution >= 4 is 27.5 Å². The maximum Gasteiger partial charge on any atom is 0.243 e. The van der Waals surface area contributed by atoms with Crippen LogP contribution in [0.25, 0.3) is 0 Å². The number of benzene rings is 1. The molecule has 0 amide bonds. The number of hydrogen-bond acceptors (Lipinski definition) is 4. The number of nitrogens with zero attached hydrogens (tertiary/aromatic N) is 1. The third-order valence-electron chi connectivity index (χ3n) is 4.14. The highest BCUT2D eigenvalue weighted by molar-refractivity contribution is 8.00. The maximum atomic E-state index is 13.1. The zero-order chi connectivity index (χ0) is 15.8. The van der Waals surface area contributed by atoms with Gasteiger partial charge in [-0.3, -0.25) is 0 Å². The summed E-state index contributed by atoms with van der Waals surface area (Å²) in [4.78, 5) is 0.465. The molecule has 0 aromatic heterocycles. The molecule has 1 heterocycles. The molecule has 0 spiro atoms. The van der Waals surface area contributed by atoms with Gasteiger partial charge in [-0.1, -0.05) is 6.92 Å². The molecule has 1 aliphatic rings. The molecule has 1 aromatic carbocycles. The van der Waals surface area contributed by atoms with Gasteiger partial charge in [0, 0.05) is 36.3 Å². The summed E-state index contributed by atoms with van der Waals surface area (Å²) in [6.07, 6.45) is 0. The lowest BCUT2D eigenvalue weighted by molar-refractivity contribution is 0.340. The van der Waals surface area contributed by atoms with Gasteiger partial charge >= 0.3 is 0 Å². The van der Waals surface area contributed by atoms with Crippen molar-refractivity contribution in [3.05, 3.63) is 23.3 Å². The summed E-state index contributed by atoms with van der Waals surface area (Å²) < 4.78 is 27.8. The van der Waals surface area contributed by atoms with E-state index >= 15 is 0 Å². The number of nitrogens with one attached hydrogen (secondary N) is 1. The molecule has 4 nitrogen and oxygen atoms in total. The minimum absolute atomic E-state index is 0.0246. The van der Waals surface area contributed by atoms with E-state index in [-0.39, 0.29) is 6.04 Å². The Morgan fingerprint density at radius 1 is 1.24 bits per heavy atom. The molecular weight excluding hydrogens is 304 g/mol. The molecule has 2 unspecified atom stereocenters. The van der Waals surface area contributed by atoms with Crippen LogP contribution in [0.1, 0.15) is 25.0 Å². The average Bonchev–Trinajstić information content (AvgIpc) is 2.40. The fraction of sp³-hybridized carbons (Fsp3) is 0.600. The summed E-state index contributed by atoms with van der Waals surface area (Å²) in [5, 5.41) is 3.40. The number of sulfonamides is 1. The van der Waals surface area contributed by atoms with Crippen LogP contribution in [0.5, 0.6) is 0 Å². The fourth-order valence-corrected chi connectivity index (χ4v) is 6.27. The van der Waals surface area contributed by atoms with E-state index in [1.54, 1.807) is 4.31 Å². The predicted molar refractivity (Wildman–Crippen MR) is 90.7 cm³/mol. The molecule has 2 rings (SSSR count). The minimum Gasteiger partial charge on any atom is -0.388 e. The summed E-state index contributed by atoms with van der Waals surface area (Å²) in [7, 11) is -1.60. The van der Waals surface area contributed by atoms with Gasteiger partial charge < -0.3 is 5.32 Å². The molecule has 0 bridgehead atoms. The van der Waals surface area contributed by atoms with Crippen LogP contribution in [-0.2, 0) is 10.0 Å². The summed E-state index contributed by atoms with van der Waals surface area (Å²) in [5.74, 6) is 0.859. The second-order valence-corrected chi connectivity index (χ2v) is 8.93. The van der Waals surface area contributed by atoms with Crippen LogP contribution in [0, 0.1) is 13.8 Å². The molecule has 1 aliphatic heterocycles. The van der Waals surface area contributed by atoms with Gasteiger partial charge in [-0.05, 0) is 44.0 Å². The van der Waals surface area contributed by atoms with Crippen molar-refractivity contribution in [2.75, 3.05) is 24.7 Å². The highest BCUT2D eigenvalue weighted by Crippen LogP contribution is 2.33. The van der Waals surface area contributed by atoms with E-state index in [4.69, 9.17) is 0 Å². The van der Waals surface area contributed by atoms with Crippen molar-refractivity contribution in [2.45, 2.75) is 43.9 Å². The summed E-state index contributed by atoms with van der Waals surface area (Å²) in [6.45, 7) is 8.42. The lowest BCUT2D eigenvalue weighted by atomic mass is 10.1. The second kappa shape index (κ2) is 6.18. The van der Waals surface area contributed by atoms with Crippen LogP contribution >= 0.6 is 11.8 Å². The van der Waals surface area contributed by atoms with Crippen molar-refractivity contribution in [3.63, 3.8) is 0 Å². The van der Waals surface area contributed by atoms with Gasteiger partial charge in [-0.15, -0.1) is 0 Å². The van der Waals surface area contributed by atoms with Gasteiger partial charge in [0.2, 0.25) is 10.0 Å². The molecular formula is C15H24N2O2S2. The van der Waals surface area contributed by atoms with E-state index in [2.05, 4.69) is 12.2 Å². The van der Waals surface area contributed by atoms with E-state index in [1.165, 1.54) is 0 Å². The summed E-state index contributed by atoms with van der Waals surface area (Å²) in [6, 6.07) is 3.82. The second-order valence-electron chi connectivity index (χ2n) is 5.62. The number of aryl methyl sites for hydroxylation is 2. The molecule has 118 valence electrons. The molecule has 1 N–H and O–H groups in total. The molecule has 0 aliphatic carbocycles. The van der Waals surface area contributed by atoms with E-state index in [1.807, 2.05) is 51.7 Å². The summed E-state index contributed by atoms with van der Waals surface area (Å²) in [5.41, 5.74) is 2.55. The van der Waals surface area contributed by atoms with Crippen molar-refractivity contribution in [1.82, 2.24) is 4.31 Å². The quantitative estimate of drug-likeness (QED) is 0.927. The Kier molecular flexibility index (Phi) is 4.90. The van der Waals surface area contributed by atoms with E-state index in [0.29, 0.717) is 16.7 Å². The smallest absolute Gasteiger partial charge is 0.243 e. The van der Waals surface area contributed by atoms with Crippen molar-refractivity contribution in [2.24, 2.45) is 0 Å². The first-order valence-electron chi connectivity index (χ1n) is 7.21. The standard InChI is InChI=1S/C15H24N2O2S2/c1-10-8-14(16-5)9-11(2)15(10)21(18,19)17-6-7-20-13(4)12(17)3/h8-9,12-13,16H,6-7H2,1-5H3. The Bertz CT molecular complexity index is 606. The Morgan fingerprint density at radius 3 is 2.33 bits per heavy atom. The van der Waals surface area contributed by atoms with Gasteiger partial charge in [0.1, 0.15) is 0 Å². The Labute approximate surface area is 132 Å². The van der Waals surface area contributed by atoms with Crippen LogP contribution in [0.2, 0.25) is 0 Å². The number of thioether (sulfide) groups is 1. The summed E-state index contributed by atoms with van der Waals surface area (Å²) >= 11 is 1.84. The number of rotatable bonds is 3. The van der Waals surface area contributed by atoms with Crippen LogP contribution < -0.4 is 5.32 Å². The topological polar surface area (TPSA) is 49.4 Å². The molecule has 6 heteroatoms. The van der Waals surface area contributed by atoms with E-state index in [9.17, 15) is 8.42 Å². The normalized spacial score (nSPS) is 24.0. The van der Waals surface area contributed by atoms with Crippen LogP contribution in [-0.4, -0.2) is 43.4 Å². The highest BCUT2D eigenvalue weighted by Gasteiger charge is 2.36. The predicted octanol–water partition coefficient (Wildman–Crippen LogP) is 2.86. The number of anilines is 1. The van der Waals surface area contributed by atoms with Gasteiger partial charge in [0.05, 0.1) is 4.90 Å². The Balaban J connectivity index is 2.49. The van der Waals surface area contributed by atoms with Gasteiger partial charge in [0.25, 0.3) is 0 Å². The molecule has 21 heavy (non-hydrogen) atoms.